The number of aromatic nitrogens is 2. The number of hydrogen-bond donors (Lipinski definition) is 1. The van der Waals surface area contributed by atoms with E-state index >= 15 is 4.39 Å². The summed E-state index contributed by atoms with van der Waals surface area (Å²) >= 11 is -1.68. The third kappa shape index (κ3) is 6.72. The van der Waals surface area contributed by atoms with E-state index < -0.39 is 45.0 Å². The van der Waals surface area contributed by atoms with Gasteiger partial charge in [0.25, 0.3) is 0 Å². The monoisotopic (exact) mass is 586 g/mol. The first kappa shape index (κ1) is 30.9. The highest BCUT2D eigenvalue weighted by molar-refractivity contribution is 7.90. The molecule has 0 aliphatic heterocycles. The maximum atomic E-state index is 15.6. The molecule has 1 N–H and O–H groups in total. The van der Waals surface area contributed by atoms with Crippen LogP contribution in [0.4, 0.5) is 13.2 Å². The minimum absolute atomic E-state index is 0.108. The molecule has 0 amide bonds. The summed E-state index contributed by atoms with van der Waals surface area (Å²) in [6, 6.07) is 14.9. The van der Waals surface area contributed by atoms with E-state index in [1.807, 2.05) is 56.6 Å². The summed E-state index contributed by atoms with van der Waals surface area (Å²) in [4.78, 5) is 2.07. The summed E-state index contributed by atoms with van der Waals surface area (Å²) in [6.45, 7) is 8.00. The number of fused-ring (bicyclic) bond motifs is 1. The van der Waals surface area contributed by atoms with Crippen LogP contribution in [0.1, 0.15) is 50.3 Å². The van der Waals surface area contributed by atoms with Gasteiger partial charge in [0.05, 0.1) is 24.4 Å². The lowest BCUT2D eigenvalue weighted by Crippen LogP contribution is -2.55. The molecule has 0 radical (unpaired) electrons. The predicted octanol–water partition coefficient (Wildman–Crippen LogP) is 6.18. The Balaban J connectivity index is 1.85. The summed E-state index contributed by atoms with van der Waals surface area (Å²) in [5.74, 6) is -3.19. The van der Waals surface area contributed by atoms with E-state index in [0.717, 1.165) is 33.8 Å². The molecular formula is C31H37F3N4O2S. The van der Waals surface area contributed by atoms with Crippen LogP contribution in [-0.2, 0) is 30.5 Å². The van der Waals surface area contributed by atoms with E-state index in [1.165, 1.54) is 0 Å². The highest BCUT2D eigenvalue weighted by Crippen LogP contribution is 2.42. The zero-order valence-electron chi connectivity index (χ0n) is 24.5. The Morgan fingerprint density at radius 2 is 1.66 bits per heavy atom. The van der Waals surface area contributed by atoms with Gasteiger partial charge in [-0.1, -0.05) is 18.2 Å². The van der Waals surface area contributed by atoms with E-state index in [1.54, 1.807) is 45.7 Å². The van der Waals surface area contributed by atoms with Crippen LogP contribution in [0.5, 0.6) is 5.75 Å². The van der Waals surface area contributed by atoms with Gasteiger partial charge in [-0.2, -0.15) is 5.10 Å². The van der Waals surface area contributed by atoms with Gasteiger partial charge in [-0.25, -0.2) is 13.2 Å². The normalized spacial score (nSPS) is 15.2. The van der Waals surface area contributed by atoms with Crippen LogP contribution in [0.25, 0.3) is 10.9 Å². The minimum atomic E-state index is -1.68. The molecule has 0 aliphatic carbocycles. The molecule has 0 saturated carbocycles. The van der Waals surface area contributed by atoms with Crippen LogP contribution in [-0.4, -0.2) is 44.7 Å². The molecule has 0 fully saturated rings. The Hall–Kier alpha value is -3.05. The van der Waals surface area contributed by atoms with Gasteiger partial charge in [-0.15, -0.1) is 4.72 Å². The lowest BCUT2D eigenvalue weighted by molar-refractivity contribution is 0.231. The Morgan fingerprint density at radius 3 is 2.29 bits per heavy atom. The van der Waals surface area contributed by atoms with Gasteiger partial charge in [0.2, 0.25) is 0 Å². The van der Waals surface area contributed by atoms with Crippen molar-refractivity contribution in [3.63, 3.8) is 0 Å². The fourth-order valence-corrected chi connectivity index (χ4v) is 5.96. The average molecular weight is 587 g/mol. The highest BCUT2D eigenvalue weighted by Gasteiger charge is 2.46. The highest BCUT2D eigenvalue weighted by atomic mass is 32.2. The number of rotatable bonds is 10. The van der Waals surface area contributed by atoms with Crippen LogP contribution < -0.4 is 9.46 Å². The van der Waals surface area contributed by atoms with Crippen LogP contribution in [0.2, 0.25) is 0 Å². The van der Waals surface area contributed by atoms with Gasteiger partial charge < -0.3 is 14.2 Å². The zero-order chi connectivity index (χ0) is 30.1. The van der Waals surface area contributed by atoms with E-state index in [0.29, 0.717) is 19.2 Å². The van der Waals surface area contributed by atoms with Gasteiger partial charge in [0.15, 0.2) is 11.6 Å². The molecule has 41 heavy (non-hydrogen) atoms. The molecule has 3 atom stereocenters. The summed E-state index contributed by atoms with van der Waals surface area (Å²) in [5.41, 5.74) is 1.22. The van der Waals surface area contributed by atoms with Crippen molar-refractivity contribution in [3.8, 4) is 5.75 Å². The quantitative estimate of drug-likeness (QED) is 0.178. The maximum Gasteiger partial charge on any atom is 0.161 e. The second kappa shape index (κ2) is 12.1. The molecule has 0 saturated heterocycles. The number of aryl methyl sites for hydroxylation is 1. The van der Waals surface area contributed by atoms with Crippen molar-refractivity contribution in [1.29, 1.82) is 0 Å². The van der Waals surface area contributed by atoms with Crippen molar-refractivity contribution in [3.05, 3.63) is 94.9 Å². The predicted molar refractivity (Wildman–Crippen MR) is 157 cm³/mol. The van der Waals surface area contributed by atoms with Crippen molar-refractivity contribution < 1.29 is 22.5 Å². The largest absolute Gasteiger partial charge is 0.598 e. The molecule has 1 unspecified atom stereocenters. The molecule has 10 heteroatoms. The van der Waals surface area contributed by atoms with Crippen molar-refractivity contribution in [1.82, 2.24) is 19.4 Å². The Bertz CT molecular complexity index is 1510. The lowest BCUT2D eigenvalue weighted by Gasteiger charge is -2.42. The molecule has 3 aromatic carbocycles. The summed E-state index contributed by atoms with van der Waals surface area (Å²) in [6.07, 6.45) is 1.74. The number of nitrogens with one attached hydrogen (secondary N) is 1. The third-order valence-corrected chi connectivity index (χ3v) is 9.13. The number of benzene rings is 3. The minimum Gasteiger partial charge on any atom is -0.598 e. The first-order chi connectivity index (χ1) is 19.2. The molecule has 1 aromatic heterocycles. The Morgan fingerprint density at radius 1 is 1.00 bits per heavy atom. The molecule has 220 valence electrons. The van der Waals surface area contributed by atoms with Crippen LogP contribution in [0.3, 0.4) is 0 Å². The molecule has 4 aromatic rings. The van der Waals surface area contributed by atoms with E-state index in [2.05, 4.69) is 14.7 Å². The zero-order valence-corrected chi connectivity index (χ0v) is 25.3. The smallest absolute Gasteiger partial charge is 0.161 e. The molecule has 6 nitrogen and oxygen atoms in total. The molecule has 0 aliphatic rings. The van der Waals surface area contributed by atoms with Crippen LogP contribution in [0.15, 0.2) is 60.8 Å². The standard InChI is InChI=1S/C31H37F3N4O2S/c1-30(2,3)41(39)36-31(4,24-15-27(33)28(34)16-26(24)32)25(21-10-13-29-22(14-21)17-35-38(29)6)19-37(5)18-20-8-11-23(40-7)12-9-20/h8-17,25,36H,18-19H2,1-7H3/t25?,31-,41-/m1/s1. The van der Waals surface area contributed by atoms with Gasteiger partial charge >= 0.3 is 0 Å². The van der Waals surface area contributed by atoms with Crippen molar-refractivity contribution >= 4 is 22.3 Å². The van der Waals surface area contributed by atoms with Crippen LogP contribution in [0, 0.1) is 17.5 Å². The fourth-order valence-electron chi connectivity index (χ4n) is 5.02. The number of methoxy groups -OCH3 is 1. The number of nitrogens with zero attached hydrogens (tertiary/aromatic N) is 3. The summed E-state index contributed by atoms with van der Waals surface area (Å²) in [5, 5.41) is 5.22. The van der Waals surface area contributed by atoms with Gasteiger partial charge in [-0.3, -0.25) is 4.68 Å². The van der Waals surface area contributed by atoms with Crippen molar-refractivity contribution in [2.75, 3.05) is 20.7 Å². The number of likely N-dealkylation sites (N-methyl/N-ethyl adjacent to an activating group) is 1. The Kier molecular flexibility index (Phi) is 9.08. The van der Waals surface area contributed by atoms with Gasteiger partial charge in [0.1, 0.15) is 16.3 Å². The molecular weight excluding hydrogens is 549 g/mol. The molecule has 0 spiro atoms. The first-order valence-corrected chi connectivity index (χ1v) is 14.5. The molecule has 4 rings (SSSR count). The van der Waals surface area contributed by atoms with Gasteiger partial charge in [0, 0.05) is 54.4 Å². The van der Waals surface area contributed by atoms with E-state index in [9.17, 15) is 13.3 Å². The second-order valence-electron chi connectivity index (χ2n) is 11.6. The molecule has 0 bridgehead atoms. The third-order valence-electron chi connectivity index (χ3n) is 7.41. The maximum absolute atomic E-state index is 15.6. The topological polar surface area (TPSA) is 65.4 Å². The average Bonchev–Trinajstić information content (AvgIpc) is 3.28. The SMILES string of the molecule is COc1ccc(CN(C)CC(c2ccc3c(cnn3C)c2)[C@](C)(N[S@+]([O-])C(C)(C)C)c2cc(F)c(F)cc2F)cc1. The second-order valence-corrected chi connectivity index (χ2v) is 13.6. The van der Waals surface area contributed by atoms with E-state index in [-0.39, 0.29) is 5.56 Å². The van der Waals surface area contributed by atoms with E-state index in [4.69, 9.17) is 4.74 Å². The van der Waals surface area contributed by atoms with Gasteiger partial charge in [-0.05, 0) is 76.2 Å². The summed E-state index contributed by atoms with van der Waals surface area (Å²) < 4.78 is 67.4. The van der Waals surface area contributed by atoms with Crippen molar-refractivity contribution in [2.45, 2.75) is 50.4 Å². The lowest BCUT2D eigenvalue weighted by atomic mass is 9.75. The Labute approximate surface area is 242 Å². The molecule has 1 heterocycles. The number of hydrogen-bond acceptors (Lipinski definition) is 5. The number of halogens is 3. The number of ether oxygens (including phenoxy) is 1. The summed E-state index contributed by atoms with van der Waals surface area (Å²) in [7, 11) is 5.39. The van der Waals surface area contributed by atoms with Crippen LogP contribution >= 0.6 is 0 Å². The van der Waals surface area contributed by atoms with Crippen molar-refractivity contribution in [2.24, 2.45) is 7.05 Å². The first-order valence-electron chi connectivity index (χ1n) is 13.3. The fraction of sp³-hybridized carbons (Fsp3) is 0.387.